The number of hydrogen-bond acceptors (Lipinski definition) is 6. The molecule has 2 aromatic carbocycles. The van der Waals surface area contributed by atoms with E-state index >= 15 is 0 Å². The maximum atomic E-state index is 13.0. The van der Waals surface area contributed by atoms with Gasteiger partial charge in [0.15, 0.2) is 0 Å². The van der Waals surface area contributed by atoms with Crippen LogP contribution in [0.5, 0.6) is 5.75 Å². The molecule has 1 atom stereocenters. The normalized spacial score (nSPS) is 23.6. The van der Waals surface area contributed by atoms with Crippen LogP contribution in [0, 0.1) is 0 Å². The first-order valence-corrected chi connectivity index (χ1v) is 11.1. The zero-order chi connectivity index (χ0) is 24.6. The fourth-order valence-corrected chi connectivity index (χ4v) is 4.41. The van der Waals surface area contributed by atoms with Gasteiger partial charge >= 0.3 is 0 Å². The minimum Gasteiger partial charge on any atom is -0.489 e. The molecule has 0 bridgehead atoms. The van der Waals surface area contributed by atoms with Crippen molar-refractivity contribution in [3.63, 3.8) is 0 Å². The van der Waals surface area contributed by atoms with E-state index in [1.54, 1.807) is 17.0 Å². The van der Waals surface area contributed by atoms with Crippen molar-refractivity contribution in [2.24, 2.45) is 0 Å². The minimum atomic E-state index is -1.48. The molecule has 0 saturated carbocycles. The molecule has 2 fully saturated rings. The van der Waals surface area contributed by atoms with E-state index in [0.29, 0.717) is 44.0 Å². The van der Waals surface area contributed by atoms with Crippen LogP contribution in [-0.4, -0.2) is 59.8 Å². The first-order chi connectivity index (χ1) is 16.8. The van der Waals surface area contributed by atoms with E-state index in [0.717, 1.165) is 16.7 Å². The van der Waals surface area contributed by atoms with Crippen molar-refractivity contribution < 1.29 is 26.6 Å². The van der Waals surface area contributed by atoms with E-state index in [9.17, 15) is 14.4 Å². The molecule has 0 aromatic heterocycles. The lowest BCUT2D eigenvalue weighted by atomic mass is 10.0. The lowest BCUT2D eigenvalue weighted by Gasteiger charge is -2.29. The Labute approximate surface area is 195 Å². The van der Waals surface area contributed by atoms with Gasteiger partial charge in [-0.25, -0.2) is 0 Å². The molecule has 172 valence electrons. The van der Waals surface area contributed by atoms with Gasteiger partial charge in [-0.15, -0.1) is 0 Å². The molecule has 0 spiro atoms. The van der Waals surface area contributed by atoms with Crippen LogP contribution < -0.4 is 10.1 Å². The molecule has 3 aliphatic heterocycles. The molecule has 5 rings (SSSR count). The molecular weight excluding hydrogens is 422 g/mol. The lowest BCUT2D eigenvalue weighted by Crippen LogP contribution is -2.52. The van der Waals surface area contributed by atoms with Crippen LogP contribution in [0.1, 0.15) is 42.6 Å². The number of imide groups is 1. The summed E-state index contributed by atoms with van der Waals surface area (Å²) in [7, 11) is 0. The molecule has 2 aromatic rings. The van der Waals surface area contributed by atoms with E-state index in [-0.39, 0.29) is 31.4 Å². The van der Waals surface area contributed by atoms with Crippen molar-refractivity contribution in [1.82, 2.24) is 15.1 Å². The Hall–Kier alpha value is -3.23. The first kappa shape index (κ1) is 19.3. The highest BCUT2D eigenvalue weighted by Crippen LogP contribution is 2.34. The van der Waals surface area contributed by atoms with Crippen LogP contribution >= 0.6 is 0 Å². The van der Waals surface area contributed by atoms with Gasteiger partial charge in [-0.05, 0) is 29.7 Å². The van der Waals surface area contributed by atoms with E-state index in [1.807, 2.05) is 30.3 Å². The molecule has 0 aliphatic carbocycles. The number of morpholine rings is 1. The van der Waals surface area contributed by atoms with Gasteiger partial charge in [0.25, 0.3) is 5.91 Å². The Kier molecular flexibility index (Phi) is 5.44. The summed E-state index contributed by atoms with van der Waals surface area (Å²) in [5.41, 5.74) is 3.21. The van der Waals surface area contributed by atoms with Crippen molar-refractivity contribution in [1.29, 1.82) is 0 Å². The van der Waals surface area contributed by atoms with Crippen LogP contribution in [0.15, 0.2) is 42.5 Å². The number of nitrogens with zero attached hydrogens (tertiary/aromatic N) is 2. The molecule has 3 amide bonds. The number of fused-ring (bicyclic) bond motifs is 1. The summed E-state index contributed by atoms with van der Waals surface area (Å²) < 4.78 is 27.5. The highest BCUT2D eigenvalue weighted by atomic mass is 16.5. The molecule has 33 heavy (non-hydrogen) atoms. The lowest BCUT2D eigenvalue weighted by molar-refractivity contribution is -0.136. The van der Waals surface area contributed by atoms with Gasteiger partial charge in [0.05, 0.1) is 19.8 Å². The maximum absolute atomic E-state index is 13.0. The predicted molar refractivity (Wildman–Crippen MR) is 119 cm³/mol. The monoisotopic (exact) mass is 451 g/mol. The number of carbonyl (C=O) groups is 3. The number of ether oxygens (including phenoxy) is 2. The van der Waals surface area contributed by atoms with Crippen LogP contribution in [0.25, 0.3) is 0 Å². The third-order valence-corrected chi connectivity index (χ3v) is 6.23. The number of nitrogens with one attached hydrogen (secondary N) is 1. The third-order valence-electron chi connectivity index (χ3n) is 6.23. The fraction of sp³-hybridized carbons (Fsp3) is 0.400. The predicted octanol–water partition coefficient (Wildman–Crippen LogP) is 1.86. The second-order valence-corrected chi connectivity index (χ2v) is 8.42. The third kappa shape index (κ3) is 4.62. The highest BCUT2D eigenvalue weighted by Gasteiger charge is 2.40. The average Bonchev–Trinajstić information content (AvgIpc) is 3.17. The van der Waals surface area contributed by atoms with Crippen molar-refractivity contribution in [3.8, 4) is 5.75 Å². The smallest absolute Gasteiger partial charge is 0.255 e. The van der Waals surface area contributed by atoms with Crippen molar-refractivity contribution >= 4 is 17.7 Å². The Morgan fingerprint density at radius 1 is 1.09 bits per heavy atom. The zero-order valence-electron chi connectivity index (χ0n) is 20.2. The van der Waals surface area contributed by atoms with Gasteiger partial charge in [-0.1, -0.05) is 30.3 Å². The van der Waals surface area contributed by atoms with Gasteiger partial charge in [0.2, 0.25) is 11.8 Å². The largest absolute Gasteiger partial charge is 0.489 e. The van der Waals surface area contributed by atoms with Crippen LogP contribution in [-0.2, 0) is 34.0 Å². The molecule has 3 aliphatic rings. The second-order valence-electron chi connectivity index (χ2n) is 8.42. The van der Waals surface area contributed by atoms with Gasteiger partial charge in [-0.3, -0.25) is 24.6 Å². The number of hydrogen-bond donors (Lipinski definition) is 1. The average molecular weight is 452 g/mol. The van der Waals surface area contributed by atoms with E-state index in [4.69, 9.17) is 12.2 Å². The summed E-state index contributed by atoms with van der Waals surface area (Å²) in [4.78, 5) is 40.0. The topological polar surface area (TPSA) is 88.2 Å². The van der Waals surface area contributed by atoms with E-state index < -0.39 is 18.4 Å². The van der Waals surface area contributed by atoms with Crippen molar-refractivity contribution in [2.45, 2.75) is 38.6 Å². The minimum absolute atomic E-state index is 0.0732. The SMILES string of the molecule is [2H]C1([2H])COCCN1Cc1ccc(COc2cccc3c2CN(C2CCC(=O)NC2=O)C3=O)cc1. The number of piperidine rings is 1. The Morgan fingerprint density at radius 3 is 2.70 bits per heavy atom. The molecule has 2 saturated heterocycles. The van der Waals surface area contributed by atoms with Crippen LogP contribution in [0.2, 0.25) is 0 Å². The Morgan fingerprint density at radius 2 is 1.91 bits per heavy atom. The van der Waals surface area contributed by atoms with E-state index in [1.165, 1.54) is 4.90 Å². The Balaban J connectivity index is 1.23. The summed E-state index contributed by atoms with van der Waals surface area (Å²) >= 11 is 0. The molecular formula is C25H27N3O5. The number of amides is 3. The number of benzene rings is 2. The molecule has 8 nitrogen and oxygen atoms in total. The quantitative estimate of drug-likeness (QED) is 0.675. The Bertz CT molecular complexity index is 1150. The summed E-state index contributed by atoms with van der Waals surface area (Å²) in [5.74, 6) is -0.382. The van der Waals surface area contributed by atoms with E-state index in [2.05, 4.69) is 5.32 Å². The van der Waals surface area contributed by atoms with Crippen molar-refractivity contribution in [2.75, 3.05) is 26.3 Å². The van der Waals surface area contributed by atoms with Crippen LogP contribution in [0.3, 0.4) is 0 Å². The van der Waals surface area contributed by atoms with Crippen LogP contribution in [0.4, 0.5) is 0 Å². The zero-order valence-corrected chi connectivity index (χ0v) is 18.2. The maximum Gasteiger partial charge on any atom is 0.255 e. The molecule has 0 radical (unpaired) electrons. The summed E-state index contributed by atoms with van der Waals surface area (Å²) in [6, 6.07) is 12.5. The highest BCUT2D eigenvalue weighted by molar-refractivity contribution is 6.05. The van der Waals surface area contributed by atoms with Gasteiger partial charge in [0.1, 0.15) is 18.4 Å². The van der Waals surface area contributed by atoms with Gasteiger partial charge in [0, 0.05) is 39.9 Å². The second kappa shape index (κ2) is 9.33. The number of carbonyl (C=O) groups excluding carboxylic acids is 3. The standard InChI is InChI=1S/C25H27N3O5/c29-23-9-8-21(24(30)26-23)28-15-20-19(25(28)31)2-1-3-22(20)33-16-18-6-4-17(5-7-18)14-27-10-12-32-13-11-27/h1-7,21H,8-16H2,(H,26,29,30)/i10D2. The summed E-state index contributed by atoms with van der Waals surface area (Å²) in [5, 5.41) is 2.32. The molecule has 8 heteroatoms. The summed E-state index contributed by atoms with van der Waals surface area (Å²) in [6.07, 6.45) is 0.533. The molecule has 1 unspecified atom stereocenters. The fourth-order valence-electron chi connectivity index (χ4n) is 4.41. The van der Waals surface area contributed by atoms with Gasteiger partial charge < -0.3 is 14.4 Å². The molecule has 1 N–H and O–H groups in total. The summed E-state index contributed by atoms with van der Waals surface area (Å²) in [6.45, 7) is 0.735. The first-order valence-electron chi connectivity index (χ1n) is 12.1. The number of rotatable bonds is 6. The van der Waals surface area contributed by atoms with Gasteiger partial charge in [-0.2, -0.15) is 0 Å². The van der Waals surface area contributed by atoms with Crippen molar-refractivity contribution in [3.05, 3.63) is 64.7 Å². The molecule has 3 heterocycles.